The summed E-state index contributed by atoms with van der Waals surface area (Å²) in [4.78, 5) is 11.3. The number of carbonyl (C=O) groups is 1. The van der Waals surface area contributed by atoms with Gasteiger partial charge in [0.25, 0.3) is 0 Å². The zero-order valence-electron chi connectivity index (χ0n) is 11.8. The number of hydrogen-bond donors (Lipinski definition) is 1. The topological polar surface area (TPSA) is 55.8 Å². The monoisotopic (exact) mass is 318 g/mol. The van der Waals surface area contributed by atoms with Crippen LogP contribution in [0.4, 0.5) is 13.2 Å². The van der Waals surface area contributed by atoms with Crippen molar-refractivity contribution in [1.29, 1.82) is 0 Å². The molecule has 1 aliphatic rings. The standard InChI is InChI=1S/C15H17F3O4/c16-15(17,18)11-1-3-12(4-2-11)22-9-13(14(19)20)10-5-7-21-8-6-10/h1-4,10,13H,5-9H2,(H,19,20). The molecular formula is C15H17F3O4. The zero-order chi connectivity index (χ0) is 16.2. The van der Waals surface area contributed by atoms with E-state index in [1.54, 1.807) is 0 Å². The fourth-order valence-corrected chi connectivity index (χ4v) is 2.45. The van der Waals surface area contributed by atoms with Gasteiger partial charge in [0.05, 0.1) is 11.5 Å². The third-order valence-corrected chi connectivity index (χ3v) is 3.76. The van der Waals surface area contributed by atoms with E-state index in [4.69, 9.17) is 9.47 Å². The predicted octanol–water partition coefficient (Wildman–Crippen LogP) is 3.21. The Bertz CT molecular complexity index is 493. The number of aliphatic carboxylic acids is 1. The van der Waals surface area contributed by atoms with Crippen LogP contribution < -0.4 is 4.74 Å². The summed E-state index contributed by atoms with van der Waals surface area (Å²) < 4.78 is 47.9. The molecule has 0 amide bonds. The van der Waals surface area contributed by atoms with E-state index < -0.39 is 23.6 Å². The van der Waals surface area contributed by atoms with Gasteiger partial charge in [0.1, 0.15) is 12.4 Å². The van der Waals surface area contributed by atoms with Gasteiger partial charge in [-0.15, -0.1) is 0 Å². The molecule has 1 aromatic carbocycles. The van der Waals surface area contributed by atoms with Crippen LogP contribution in [0.5, 0.6) is 5.75 Å². The quantitative estimate of drug-likeness (QED) is 0.906. The van der Waals surface area contributed by atoms with Gasteiger partial charge in [-0.05, 0) is 43.0 Å². The van der Waals surface area contributed by atoms with Crippen molar-refractivity contribution in [1.82, 2.24) is 0 Å². The van der Waals surface area contributed by atoms with E-state index in [1.165, 1.54) is 12.1 Å². The Morgan fingerprint density at radius 2 is 1.86 bits per heavy atom. The van der Waals surface area contributed by atoms with Gasteiger partial charge in [0, 0.05) is 13.2 Å². The van der Waals surface area contributed by atoms with E-state index in [-0.39, 0.29) is 18.3 Å². The summed E-state index contributed by atoms with van der Waals surface area (Å²) >= 11 is 0. The maximum Gasteiger partial charge on any atom is 0.416 e. The Labute approximate surface area is 125 Å². The molecule has 0 saturated carbocycles. The van der Waals surface area contributed by atoms with Gasteiger partial charge in [-0.2, -0.15) is 13.2 Å². The maximum atomic E-state index is 12.5. The molecule has 0 aromatic heterocycles. The zero-order valence-corrected chi connectivity index (χ0v) is 11.8. The van der Waals surface area contributed by atoms with Crippen molar-refractivity contribution in [2.75, 3.05) is 19.8 Å². The van der Waals surface area contributed by atoms with Gasteiger partial charge in [-0.25, -0.2) is 0 Å². The van der Waals surface area contributed by atoms with E-state index >= 15 is 0 Å². The summed E-state index contributed by atoms with van der Waals surface area (Å²) in [6.07, 6.45) is -3.11. The third kappa shape index (κ3) is 4.37. The Morgan fingerprint density at radius 1 is 1.27 bits per heavy atom. The minimum Gasteiger partial charge on any atom is -0.493 e. The normalized spacial score (nSPS) is 18.0. The van der Waals surface area contributed by atoms with E-state index in [9.17, 15) is 23.1 Å². The molecule has 1 aliphatic heterocycles. The average molecular weight is 318 g/mol. The highest BCUT2D eigenvalue weighted by Gasteiger charge is 2.31. The van der Waals surface area contributed by atoms with Crippen LogP contribution in [0.1, 0.15) is 18.4 Å². The molecule has 0 spiro atoms. The lowest BCUT2D eigenvalue weighted by atomic mass is 9.86. The molecule has 4 nitrogen and oxygen atoms in total. The lowest BCUT2D eigenvalue weighted by molar-refractivity contribution is -0.146. The average Bonchev–Trinajstić information content (AvgIpc) is 2.48. The lowest BCUT2D eigenvalue weighted by Crippen LogP contribution is -2.33. The molecule has 0 radical (unpaired) electrons. The van der Waals surface area contributed by atoms with Crippen LogP contribution in [0, 0.1) is 11.8 Å². The SMILES string of the molecule is O=C(O)C(COc1ccc(C(F)(F)F)cc1)C1CCOCC1. The largest absolute Gasteiger partial charge is 0.493 e. The fourth-order valence-electron chi connectivity index (χ4n) is 2.45. The minimum atomic E-state index is -4.40. The van der Waals surface area contributed by atoms with Gasteiger partial charge in [-0.3, -0.25) is 4.79 Å². The number of alkyl halides is 3. The molecule has 2 rings (SSSR count). The first-order chi connectivity index (χ1) is 10.4. The van der Waals surface area contributed by atoms with Gasteiger partial charge in [-0.1, -0.05) is 0 Å². The maximum absolute atomic E-state index is 12.5. The molecular weight excluding hydrogens is 301 g/mol. The summed E-state index contributed by atoms with van der Waals surface area (Å²) in [6.45, 7) is 0.981. The van der Waals surface area contributed by atoms with E-state index in [2.05, 4.69) is 0 Å². The second-order valence-electron chi connectivity index (χ2n) is 5.23. The number of hydrogen-bond acceptors (Lipinski definition) is 3. The lowest BCUT2D eigenvalue weighted by Gasteiger charge is -2.27. The molecule has 0 aliphatic carbocycles. The summed E-state index contributed by atoms with van der Waals surface area (Å²) in [5, 5.41) is 9.28. The van der Waals surface area contributed by atoms with Crippen molar-refractivity contribution in [3.8, 4) is 5.75 Å². The van der Waals surface area contributed by atoms with Crippen molar-refractivity contribution < 1.29 is 32.5 Å². The molecule has 1 N–H and O–H groups in total. The molecule has 22 heavy (non-hydrogen) atoms. The van der Waals surface area contributed by atoms with Crippen LogP contribution in [-0.2, 0) is 15.7 Å². The molecule has 122 valence electrons. The van der Waals surface area contributed by atoms with E-state index in [0.717, 1.165) is 12.1 Å². The van der Waals surface area contributed by atoms with Gasteiger partial charge >= 0.3 is 12.1 Å². The van der Waals surface area contributed by atoms with Crippen LogP contribution in [0.25, 0.3) is 0 Å². The molecule has 1 saturated heterocycles. The van der Waals surface area contributed by atoms with Crippen LogP contribution in [-0.4, -0.2) is 30.9 Å². The highest BCUT2D eigenvalue weighted by Crippen LogP contribution is 2.31. The van der Waals surface area contributed by atoms with Gasteiger partial charge in [0.2, 0.25) is 0 Å². The Hall–Kier alpha value is -1.76. The number of rotatable bonds is 5. The van der Waals surface area contributed by atoms with Crippen molar-refractivity contribution in [2.45, 2.75) is 19.0 Å². The second kappa shape index (κ2) is 7.00. The smallest absolute Gasteiger partial charge is 0.416 e. The van der Waals surface area contributed by atoms with Crippen LogP contribution >= 0.6 is 0 Å². The molecule has 1 aromatic rings. The summed E-state index contributed by atoms with van der Waals surface area (Å²) in [6, 6.07) is 4.23. The van der Waals surface area contributed by atoms with Gasteiger partial charge < -0.3 is 14.6 Å². The van der Waals surface area contributed by atoms with Crippen molar-refractivity contribution >= 4 is 5.97 Å². The first-order valence-electron chi connectivity index (χ1n) is 6.98. The summed E-state index contributed by atoms with van der Waals surface area (Å²) in [5.41, 5.74) is -0.765. The Morgan fingerprint density at radius 3 is 2.36 bits per heavy atom. The Balaban J connectivity index is 1.95. The van der Waals surface area contributed by atoms with Gasteiger partial charge in [0.15, 0.2) is 0 Å². The number of benzene rings is 1. The molecule has 1 atom stereocenters. The number of carboxylic acids is 1. The highest BCUT2D eigenvalue weighted by atomic mass is 19.4. The van der Waals surface area contributed by atoms with E-state index in [1.807, 2.05) is 0 Å². The van der Waals surface area contributed by atoms with Crippen LogP contribution in [0.2, 0.25) is 0 Å². The van der Waals surface area contributed by atoms with Crippen LogP contribution in [0.3, 0.4) is 0 Å². The number of halogens is 3. The first-order valence-corrected chi connectivity index (χ1v) is 6.98. The first kappa shape index (κ1) is 16.6. The predicted molar refractivity (Wildman–Crippen MR) is 71.6 cm³/mol. The fraction of sp³-hybridized carbons (Fsp3) is 0.533. The molecule has 1 fully saturated rings. The summed E-state index contributed by atoms with van der Waals surface area (Å²) in [7, 11) is 0. The highest BCUT2D eigenvalue weighted by molar-refractivity contribution is 5.70. The minimum absolute atomic E-state index is 0.0410. The van der Waals surface area contributed by atoms with E-state index in [0.29, 0.717) is 26.1 Å². The molecule has 0 bridgehead atoms. The summed E-state index contributed by atoms with van der Waals surface area (Å²) in [5.74, 6) is -1.46. The van der Waals surface area contributed by atoms with Crippen molar-refractivity contribution in [3.05, 3.63) is 29.8 Å². The molecule has 1 heterocycles. The van der Waals surface area contributed by atoms with Crippen molar-refractivity contribution in [3.63, 3.8) is 0 Å². The third-order valence-electron chi connectivity index (χ3n) is 3.76. The van der Waals surface area contributed by atoms with Crippen LogP contribution in [0.15, 0.2) is 24.3 Å². The number of ether oxygens (including phenoxy) is 2. The molecule has 7 heteroatoms. The molecule has 1 unspecified atom stereocenters. The second-order valence-corrected chi connectivity index (χ2v) is 5.23. The number of carboxylic acid groups (broad SMARTS) is 1. The van der Waals surface area contributed by atoms with Crippen molar-refractivity contribution in [2.24, 2.45) is 11.8 Å². The Kier molecular flexibility index (Phi) is 5.28.